The molecule has 1 N–H and O–H groups in total. The summed E-state index contributed by atoms with van der Waals surface area (Å²) in [4.78, 5) is 12.9. The average Bonchev–Trinajstić information content (AvgIpc) is 2.89. The van der Waals surface area contributed by atoms with Gasteiger partial charge in [-0.1, -0.05) is 43.3 Å². The lowest BCUT2D eigenvalue weighted by Crippen LogP contribution is -2.17. The predicted octanol–water partition coefficient (Wildman–Crippen LogP) is 5.68. The van der Waals surface area contributed by atoms with Crippen LogP contribution in [0.25, 0.3) is 22.4 Å². The summed E-state index contributed by atoms with van der Waals surface area (Å²) in [7, 11) is -3.35. The summed E-state index contributed by atoms with van der Waals surface area (Å²) in [6, 6.07) is 19.8. The Morgan fingerprint density at radius 1 is 0.921 bits per heavy atom. The minimum atomic E-state index is -4.88. The average molecular weight is 542 g/mol. The summed E-state index contributed by atoms with van der Waals surface area (Å²) < 4.78 is 67.3. The van der Waals surface area contributed by atoms with Crippen LogP contribution in [0.3, 0.4) is 0 Å². The standard InChI is InChI=1S/C27H22F3N3O4S/c1-2-38(35,36)20-12-9-18(10-13-20)16-26(34)32-19-11-14-21(23(17-19)24-7-5-15-31-33-24)22-6-3-4-8-25(22)37-27(28,29)30/h3-15,17H,2,16H2,1H3,(H,32,34). The highest BCUT2D eigenvalue weighted by Gasteiger charge is 2.32. The summed E-state index contributed by atoms with van der Waals surface area (Å²) >= 11 is 0. The molecule has 0 aliphatic heterocycles. The van der Waals surface area contributed by atoms with Gasteiger partial charge in [0.15, 0.2) is 9.84 Å². The Labute approximate surface area is 217 Å². The molecule has 0 aliphatic carbocycles. The van der Waals surface area contributed by atoms with E-state index in [9.17, 15) is 26.4 Å². The number of sulfone groups is 1. The van der Waals surface area contributed by atoms with Gasteiger partial charge in [-0.2, -0.15) is 10.2 Å². The Bertz CT molecular complexity index is 1540. The molecular formula is C27H22F3N3O4S. The van der Waals surface area contributed by atoms with Crippen molar-refractivity contribution >= 4 is 21.4 Å². The van der Waals surface area contributed by atoms with Gasteiger partial charge in [0.05, 0.1) is 22.8 Å². The Hall–Kier alpha value is -4.25. The number of hydrogen-bond donors (Lipinski definition) is 1. The summed E-state index contributed by atoms with van der Waals surface area (Å²) in [6.07, 6.45) is -3.43. The highest BCUT2D eigenvalue weighted by atomic mass is 32.2. The monoisotopic (exact) mass is 541 g/mol. The topological polar surface area (TPSA) is 98.2 Å². The van der Waals surface area contributed by atoms with Crippen molar-refractivity contribution < 1.29 is 31.1 Å². The molecule has 11 heteroatoms. The van der Waals surface area contributed by atoms with Crippen LogP contribution in [0.2, 0.25) is 0 Å². The second-order valence-electron chi connectivity index (χ2n) is 8.19. The highest BCUT2D eigenvalue weighted by molar-refractivity contribution is 7.91. The van der Waals surface area contributed by atoms with Crippen molar-refractivity contribution in [3.63, 3.8) is 0 Å². The lowest BCUT2D eigenvalue weighted by atomic mass is 9.96. The second-order valence-corrected chi connectivity index (χ2v) is 10.5. The zero-order valence-electron chi connectivity index (χ0n) is 20.1. The molecule has 4 rings (SSSR count). The molecule has 7 nitrogen and oxygen atoms in total. The van der Waals surface area contributed by atoms with E-state index in [1.165, 1.54) is 36.5 Å². The number of amides is 1. The third-order valence-electron chi connectivity index (χ3n) is 5.58. The summed E-state index contributed by atoms with van der Waals surface area (Å²) in [6.45, 7) is 1.55. The highest BCUT2D eigenvalue weighted by Crippen LogP contribution is 2.39. The maximum absolute atomic E-state index is 13.0. The van der Waals surface area contributed by atoms with Gasteiger partial charge in [0, 0.05) is 23.0 Å². The maximum atomic E-state index is 13.0. The Morgan fingerprint density at radius 2 is 1.66 bits per heavy atom. The summed E-state index contributed by atoms with van der Waals surface area (Å²) in [5, 5.41) is 10.7. The van der Waals surface area contributed by atoms with Crippen molar-refractivity contribution in [3.8, 4) is 28.1 Å². The van der Waals surface area contributed by atoms with Gasteiger partial charge in [-0.15, -0.1) is 13.2 Å². The van der Waals surface area contributed by atoms with Gasteiger partial charge in [-0.3, -0.25) is 4.79 Å². The maximum Gasteiger partial charge on any atom is 0.573 e. The molecule has 0 bridgehead atoms. The number of para-hydroxylation sites is 1. The zero-order valence-corrected chi connectivity index (χ0v) is 20.9. The van der Waals surface area contributed by atoms with Crippen LogP contribution in [-0.2, 0) is 21.1 Å². The number of benzene rings is 3. The number of aromatic nitrogens is 2. The Balaban J connectivity index is 1.63. The van der Waals surface area contributed by atoms with Crippen LogP contribution in [-0.4, -0.2) is 36.6 Å². The zero-order chi connectivity index (χ0) is 27.3. The molecule has 0 saturated carbocycles. The fourth-order valence-electron chi connectivity index (χ4n) is 3.79. The van der Waals surface area contributed by atoms with Gasteiger partial charge < -0.3 is 10.1 Å². The molecule has 1 amide bonds. The van der Waals surface area contributed by atoms with Crippen LogP contribution < -0.4 is 10.1 Å². The van der Waals surface area contributed by atoms with E-state index in [4.69, 9.17) is 0 Å². The van der Waals surface area contributed by atoms with Crippen molar-refractivity contribution in [2.24, 2.45) is 0 Å². The van der Waals surface area contributed by atoms with E-state index in [-0.39, 0.29) is 34.3 Å². The molecule has 0 saturated heterocycles. The number of hydrogen-bond acceptors (Lipinski definition) is 6. The van der Waals surface area contributed by atoms with Crippen molar-refractivity contribution in [2.75, 3.05) is 11.1 Å². The lowest BCUT2D eigenvalue weighted by Gasteiger charge is -2.17. The molecule has 1 heterocycles. The summed E-state index contributed by atoms with van der Waals surface area (Å²) in [5.74, 6) is -0.769. The number of alkyl halides is 3. The molecule has 0 spiro atoms. The fourth-order valence-corrected chi connectivity index (χ4v) is 4.67. The van der Waals surface area contributed by atoms with E-state index in [2.05, 4.69) is 20.3 Å². The summed E-state index contributed by atoms with van der Waals surface area (Å²) in [5.41, 5.74) is 2.40. The smallest absolute Gasteiger partial charge is 0.405 e. The molecule has 0 atom stereocenters. The molecule has 38 heavy (non-hydrogen) atoms. The first kappa shape index (κ1) is 26.8. The minimum absolute atomic E-state index is 0.0169. The lowest BCUT2D eigenvalue weighted by molar-refractivity contribution is -0.274. The van der Waals surface area contributed by atoms with E-state index in [0.29, 0.717) is 28.1 Å². The SMILES string of the molecule is CCS(=O)(=O)c1ccc(CC(=O)Nc2ccc(-c3ccccc3OC(F)(F)F)c(-c3cccnn3)c2)cc1. The molecule has 1 aromatic heterocycles. The molecule has 196 valence electrons. The van der Waals surface area contributed by atoms with Gasteiger partial charge >= 0.3 is 6.36 Å². The first-order valence-electron chi connectivity index (χ1n) is 11.4. The third kappa shape index (κ3) is 6.54. The van der Waals surface area contributed by atoms with Crippen LogP contribution in [0, 0.1) is 0 Å². The van der Waals surface area contributed by atoms with Crippen LogP contribution in [0.4, 0.5) is 18.9 Å². The van der Waals surface area contributed by atoms with Crippen molar-refractivity contribution in [1.29, 1.82) is 0 Å². The van der Waals surface area contributed by atoms with Crippen LogP contribution in [0.1, 0.15) is 12.5 Å². The molecule has 0 unspecified atom stereocenters. The number of anilines is 1. The number of nitrogens with zero attached hydrogens (tertiary/aromatic N) is 2. The van der Waals surface area contributed by atoms with Crippen LogP contribution >= 0.6 is 0 Å². The van der Waals surface area contributed by atoms with Crippen molar-refractivity contribution in [3.05, 3.63) is 90.6 Å². The van der Waals surface area contributed by atoms with E-state index >= 15 is 0 Å². The number of carbonyl (C=O) groups excluding carboxylic acids is 1. The van der Waals surface area contributed by atoms with Crippen LogP contribution in [0.15, 0.2) is 90.0 Å². The number of halogens is 3. The van der Waals surface area contributed by atoms with Crippen molar-refractivity contribution in [1.82, 2.24) is 10.2 Å². The molecule has 0 fully saturated rings. The van der Waals surface area contributed by atoms with Gasteiger partial charge in [0.25, 0.3) is 0 Å². The van der Waals surface area contributed by atoms with Gasteiger partial charge in [-0.25, -0.2) is 8.42 Å². The second kappa shape index (κ2) is 11.0. The minimum Gasteiger partial charge on any atom is -0.405 e. The third-order valence-corrected chi connectivity index (χ3v) is 7.33. The molecule has 0 radical (unpaired) electrons. The van der Waals surface area contributed by atoms with E-state index in [1.54, 1.807) is 55.5 Å². The largest absolute Gasteiger partial charge is 0.573 e. The quantitative estimate of drug-likeness (QED) is 0.308. The van der Waals surface area contributed by atoms with Crippen LogP contribution in [0.5, 0.6) is 5.75 Å². The number of rotatable bonds is 8. The Kier molecular flexibility index (Phi) is 7.77. The predicted molar refractivity (Wildman–Crippen MR) is 136 cm³/mol. The fraction of sp³-hybridized carbons (Fsp3) is 0.148. The van der Waals surface area contributed by atoms with E-state index in [1.807, 2.05) is 0 Å². The van der Waals surface area contributed by atoms with Gasteiger partial charge in [0.1, 0.15) is 5.75 Å². The molecule has 3 aromatic carbocycles. The molecular weight excluding hydrogens is 519 g/mol. The first-order valence-corrected chi connectivity index (χ1v) is 13.1. The van der Waals surface area contributed by atoms with Gasteiger partial charge in [-0.05, 0) is 53.6 Å². The Morgan fingerprint density at radius 3 is 2.32 bits per heavy atom. The van der Waals surface area contributed by atoms with Crippen molar-refractivity contribution in [2.45, 2.75) is 24.6 Å². The number of nitrogens with one attached hydrogen (secondary N) is 1. The number of carbonyl (C=O) groups is 1. The van der Waals surface area contributed by atoms with E-state index in [0.717, 1.165) is 0 Å². The van der Waals surface area contributed by atoms with Gasteiger partial charge in [0.2, 0.25) is 5.91 Å². The molecule has 0 aliphatic rings. The first-order chi connectivity index (χ1) is 18.1. The number of ether oxygens (including phenoxy) is 1. The molecule has 4 aromatic rings. The van der Waals surface area contributed by atoms with E-state index < -0.39 is 16.2 Å². The normalized spacial score (nSPS) is 11.7.